The van der Waals surface area contributed by atoms with E-state index < -0.39 is 0 Å². The van der Waals surface area contributed by atoms with Gasteiger partial charge in [-0.25, -0.2) is 0 Å². The van der Waals surface area contributed by atoms with Crippen molar-refractivity contribution in [3.05, 3.63) is 7.43 Å². The van der Waals surface area contributed by atoms with E-state index in [-0.39, 0.29) is 41.7 Å². The summed E-state index contributed by atoms with van der Waals surface area (Å²) in [6.07, 6.45) is 1.50. The first kappa shape index (κ1) is 32.3. The van der Waals surface area contributed by atoms with Crippen molar-refractivity contribution in [2.24, 2.45) is 0 Å². The van der Waals surface area contributed by atoms with Crippen LogP contribution in [0, 0.1) is 7.43 Å². The largest absolute Gasteiger partial charge is 2.00 e. The molecule has 0 radical (unpaired) electrons. The van der Waals surface area contributed by atoms with Crippen LogP contribution in [0.25, 0.3) is 0 Å². The number of rotatable bonds is 0. The minimum absolute atomic E-state index is 0. The van der Waals surface area contributed by atoms with Gasteiger partial charge in [0.15, 0.2) is 0 Å². The van der Waals surface area contributed by atoms with Crippen LogP contribution >= 0.6 is 0 Å². The Bertz CT molecular complexity index is 58.6. The van der Waals surface area contributed by atoms with E-state index in [1.165, 1.54) is 27.1 Å². The average molecular weight is 316 g/mol. The molecule has 0 aromatic carbocycles. The van der Waals surface area contributed by atoms with Gasteiger partial charge >= 0.3 is 21.1 Å². The molecule has 0 N–H and O–H groups in total. The Kier molecular flexibility index (Phi) is 116. The van der Waals surface area contributed by atoms with Crippen LogP contribution in [0.2, 0.25) is 0 Å². The molecule has 0 heterocycles. The molecule has 62 valence electrons. The predicted octanol–water partition coefficient (Wildman–Crippen LogP) is 1.80. The van der Waals surface area contributed by atoms with Gasteiger partial charge in [0.05, 0.1) is 0 Å². The molecule has 0 aromatic rings. The maximum absolute atomic E-state index is 9.44. The van der Waals surface area contributed by atoms with Crippen LogP contribution in [0.4, 0.5) is 0 Å². The molecule has 0 spiro atoms. The second kappa shape index (κ2) is 35.9. The van der Waals surface area contributed by atoms with Gasteiger partial charge in [0.1, 0.15) is 5.78 Å². The van der Waals surface area contributed by atoms with Gasteiger partial charge in [0.2, 0.25) is 0 Å². The molecule has 0 bridgehead atoms. The molecule has 0 atom stereocenters. The second-order valence-corrected chi connectivity index (χ2v) is 1.11. The van der Waals surface area contributed by atoms with Crippen LogP contribution in [0.5, 0.6) is 0 Å². The van der Waals surface area contributed by atoms with Crippen LogP contribution in [-0.4, -0.2) is 12.1 Å². The molecule has 0 saturated heterocycles. The fourth-order valence-electron chi connectivity index (χ4n) is 0. The summed E-state index contributed by atoms with van der Waals surface area (Å²) in [5.74, 6) is 0.167. The van der Waals surface area contributed by atoms with E-state index in [1.54, 1.807) is 0 Å². The molecule has 0 unspecified atom stereocenters. The van der Waals surface area contributed by atoms with E-state index in [0.29, 0.717) is 0 Å². The predicted molar refractivity (Wildman–Crippen MR) is 40.9 cm³/mol. The summed E-state index contributed by atoms with van der Waals surface area (Å²) in [7, 11) is 0. The molecule has 0 amide bonds. The van der Waals surface area contributed by atoms with Crippen LogP contribution in [0.15, 0.2) is 0 Å². The maximum Gasteiger partial charge on any atom is 2.00 e. The molecule has 3 heteroatoms. The molecule has 0 saturated carbocycles. The van der Waals surface area contributed by atoms with Crippen molar-refractivity contribution in [1.29, 1.82) is 0 Å². The number of carbonyl (C=O) groups is 1. The second-order valence-electron chi connectivity index (χ2n) is 1.11. The normalized spacial score (nSPS) is 3.90. The minimum atomic E-state index is 0. The Morgan fingerprint density at radius 2 is 1.30 bits per heavy atom. The standard InChI is InChI=1S/C3H6O.C2H3O.CH4.CH3.W/c1-3(2)4;1-2-3;;;/h1-2H3;1H3;1H4;1H3;/q;-1;;-1;+2. The van der Waals surface area contributed by atoms with E-state index >= 15 is 0 Å². The smallest absolute Gasteiger partial charge is 0.542 e. The van der Waals surface area contributed by atoms with E-state index in [2.05, 4.69) is 0 Å². The molecule has 0 fully saturated rings. The number of hydrogen-bond donors (Lipinski definition) is 0. The molecule has 0 aliphatic heterocycles. The third kappa shape index (κ3) is 495000. The zero-order valence-electron chi connectivity index (χ0n) is 6.22. The molecule has 0 aromatic heterocycles. The topological polar surface area (TPSA) is 34.1 Å². The summed E-state index contributed by atoms with van der Waals surface area (Å²) in [6, 6.07) is 0. The summed E-state index contributed by atoms with van der Waals surface area (Å²) in [5.41, 5.74) is 0. The van der Waals surface area contributed by atoms with Crippen molar-refractivity contribution < 1.29 is 30.7 Å². The van der Waals surface area contributed by atoms with Gasteiger partial charge in [-0.2, -0.15) is 6.92 Å². The Hall–Kier alpha value is 0.0283. The van der Waals surface area contributed by atoms with E-state index in [1.807, 2.05) is 0 Å². The quantitative estimate of drug-likeness (QED) is 0.639. The number of Topliss-reactive ketones (excluding diaryl/α,β-unsaturated/α-hetero) is 1. The van der Waals surface area contributed by atoms with Crippen LogP contribution in [0.3, 0.4) is 0 Å². The fourth-order valence-corrected chi connectivity index (χ4v) is 0. The van der Waals surface area contributed by atoms with Crippen molar-refractivity contribution >= 4 is 12.1 Å². The van der Waals surface area contributed by atoms with Crippen LogP contribution in [-0.2, 0) is 30.7 Å². The van der Waals surface area contributed by atoms with E-state index in [0.717, 1.165) is 0 Å². The summed E-state index contributed by atoms with van der Waals surface area (Å²) >= 11 is 0. The molecule has 0 aliphatic rings. The number of ketones is 1. The van der Waals surface area contributed by atoms with Gasteiger partial charge in [-0.3, -0.25) is 6.29 Å². The zero-order valence-corrected chi connectivity index (χ0v) is 9.16. The number of hydrogen-bond acceptors (Lipinski definition) is 2. The molecular formula is C7H16O2W. The fraction of sp³-hybridized carbons (Fsp3) is 0.571. The molecule has 2 nitrogen and oxygen atoms in total. The van der Waals surface area contributed by atoms with Crippen LogP contribution in [0.1, 0.15) is 28.2 Å². The van der Waals surface area contributed by atoms with Gasteiger partial charge < -0.3 is 17.0 Å². The Morgan fingerprint density at radius 3 is 1.30 bits per heavy atom. The summed E-state index contributed by atoms with van der Waals surface area (Å²) in [5, 5.41) is 0. The van der Waals surface area contributed by atoms with Gasteiger partial charge in [-0.15, -0.1) is 0 Å². The third-order valence-corrected chi connectivity index (χ3v) is 0. The summed E-state index contributed by atoms with van der Waals surface area (Å²) in [6.45, 7) is 4.38. The Morgan fingerprint density at radius 1 is 1.30 bits per heavy atom. The van der Waals surface area contributed by atoms with Crippen molar-refractivity contribution in [1.82, 2.24) is 0 Å². The average Bonchev–Trinajstić information content (AvgIpc) is 1.33. The van der Waals surface area contributed by atoms with Crippen molar-refractivity contribution in [2.75, 3.05) is 0 Å². The van der Waals surface area contributed by atoms with E-state index in [4.69, 9.17) is 4.79 Å². The van der Waals surface area contributed by atoms with Crippen molar-refractivity contribution in [2.45, 2.75) is 28.2 Å². The number of carbonyl (C=O) groups excluding carboxylic acids is 2. The molecular weight excluding hydrogens is 300 g/mol. The Balaban J connectivity index is -0.0000000131. The summed E-state index contributed by atoms with van der Waals surface area (Å²) in [4.78, 5) is 18.1. The van der Waals surface area contributed by atoms with Gasteiger partial charge in [0, 0.05) is 0 Å². The van der Waals surface area contributed by atoms with Crippen molar-refractivity contribution in [3.63, 3.8) is 0 Å². The zero-order chi connectivity index (χ0) is 6.28. The summed E-state index contributed by atoms with van der Waals surface area (Å²) < 4.78 is 0. The first-order valence-electron chi connectivity index (χ1n) is 1.91. The first-order valence-corrected chi connectivity index (χ1v) is 1.91. The Labute approximate surface area is 78.7 Å². The molecule has 10 heavy (non-hydrogen) atoms. The molecule has 0 aliphatic carbocycles. The SMILES string of the molecule is C.CC(C)=O.C[C-]=O.[CH3-].[W+2]. The van der Waals surface area contributed by atoms with Gasteiger partial charge in [-0.05, 0) is 13.8 Å². The van der Waals surface area contributed by atoms with Crippen LogP contribution < -0.4 is 0 Å². The van der Waals surface area contributed by atoms with Gasteiger partial charge in [0.25, 0.3) is 0 Å². The minimum Gasteiger partial charge on any atom is -0.542 e. The first-order chi connectivity index (χ1) is 3.15. The van der Waals surface area contributed by atoms with Crippen molar-refractivity contribution in [3.8, 4) is 0 Å². The monoisotopic (exact) mass is 316 g/mol. The maximum atomic E-state index is 9.44. The van der Waals surface area contributed by atoms with Gasteiger partial charge in [-0.1, -0.05) is 7.43 Å². The third-order valence-electron chi connectivity index (χ3n) is 0. The molecule has 0 rings (SSSR count). The van der Waals surface area contributed by atoms with E-state index in [9.17, 15) is 4.79 Å².